The molecule has 0 aromatic heterocycles. The first-order chi connectivity index (χ1) is 13.2. The van der Waals surface area contributed by atoms with Crippen LogP contribution in [-0.4, -0.2) is 49.1 Å². The zero-order valence-corrected chi connectivity index (χ0v) is 17.8. The maximum Gasteiger partial charge on any atom is 0.271 e. The Labute approximate surface area is 170 Å². The number of thioether (sulfide) groups is 1. The maximum absolute atomic E-state index is 12.5. The number of sulfonamides is 1. The van der Waals surface area contributed by atoms with Crippen LogP contribution >= 0.6 is 11.8 Å². The summed E-state index contributed by atoms with van der Waals surface area (Å²) in [6.45, 7) is 1.93. The summed E-state index contributed by atoms with van der Waals surface area (Å²) in [5, 5.41) is 14.4. The predicted octanol–water partition coefficient (Wildman–Crippen LogP) is 2.93. The first-order valence-corrected chi connectivity index (χ1v) is 12.2. The third-order valence-electron chi connectivity index (χ3n) is 4.69. The minimum absolute atomic E-state index is 0.0935. The molecule has 1 amide bonds. The van der Waals surface area contributed by atoms with E-state index in [1.165, 1.54) is 57.2 Å². The number of nitro benzene ring substituents is 1. The van der Waals surface area contributed by atoms with Crippen molar-refractivity contribution >= 4 is 39.1 Å². The number of nitrogens with one attached hydrogen (secondary N) is 1. The van der Waals surface area contributed by atoms with Crippen LogP contribution in [-0.2, 0) is 14.8 Å². The highest BCUT2D eigenvalue weighted by molar-refractivity contribution is 7.99. The Balaban J connectivity index is 2.00. The van der Waals surface area contributed by atoms with E-state index < -0.39 is 26.9 Å². The van der Waals surface area contributed by atoms with Gasteiger partial charge >= 0.3 is 0 Å². The fourth-order valence-electron chi connectivity index (χ4n) is 3.33. The lowest BCUT2D eigenvalue weighted by molar-refractivity contribution is -0.384. The molecule has 0 heterocycles. The number of rotatable bonds is 9. The molecule has 0 aliphatic heterocycles. The van der Waals surface area contributed by atoms with Crippen LogP contribution in [0.25, 0.3) is 0 Å². The van der Waals surface area contributed by atoms with Gasteiger partial charge in [-0.25, -0.2) is 8.42 Å². The molecule has 1 N–H and O–H groups in total. The Morgan fingerprint density at radius 3 is 2.64 bits per heavy atom. The molecule has 1 atom stereocenters. The van der Waals surface area contributed by atoms with E-state index in [-0.39, 0.29) is 11.4 Å². The Hall–Kier alpha value is -1.81. The highest BCUT2D eigenvalue weighted by atomic mass is 32.2. The number of amides is 1. The maximum atomic E-state index is 12.5. The van der Waals surface area contributed by atoms with Crippen molar-refractivity contribution in [2.24, 2.45) is 0 Å². The monoisotopic (exact) mass is 429 g/mol. The summed E-state index contributed by atoms with van der Waals surface area (Å²) >= 11 is 1.85. The number of hydrogen-bond acceptors (Lipinski definition) is 6. The third-order valence-corrected chi connectivity index (χ3v) is 7.31. The van der Waals surface area contributed by atoms with Gasteiger partial charge in [-0.05, 0) is 25.8 Å². The van der Waals surface area contributed by atoms with Gasteiger partial charge in [0.05, 0.1) is 16.9 Å². The minimum Gasteiger partial charge on any atom is -0.353 e. The number of hydrogen-bond donors (Lipinski definition) is 1. The summed E-state index contributed by atoms with van der Waals surface area (Å²) in [6, 6.07) is 4.26. The van der Waals surface area contributed by atoms with Crippen LogP contribution in [0, 0.1) is 10.1 Å². The summed E-state index contributed by atoms with van der Waals surface area (Å²) in [5.74, 6) is 0.347. The molecule has 28 heavy (non-hydrogen) atoms. The molecule has 1 aromatic carbocycles. The SMILES string of the molecule is C[C@H](C(=O)NCCSC1CCCCC1)N(c1cccc([N+](=O)[O-])c1)S(C)(=O)=O. The van der Waals surface area contributed by atoms with Gasteiger partial charge in [-0.1, -0.05) is 25.3 Å². The van der Waals surface area contributed by atoms with E-state index in [4.69, 9.17) is 0 Å². The van der Waals surface area contributed by atoms with Gasteiger partial charge in [-0.3, -0.25) is 19.2 Å². The topological polar surface area (TPSA) is 110 Å². The zero-order chi connectivity index (χ0) is 20.7. The summed E-state index contributed by atoms with van der Waals surface area (Å²) < 4.78 is 25.5. The number of nitrogens with zero attached hydrogens (tertiary/aromatic N) is 2. The Kier molecular flexibility index (Phi) is 8.11. The van der Waals surface area contributed by atoms with E-state index in [0.29, 0.717) is 11.8 Å². The van der Waals surface area contributed by atoms with Crippen molar-refractivity contribution in [1.29, 1.82) is 0 Å². The van der Waals surface area contributed by atoms with Crippen LogP contribution in [0.2, 0.25) is 0 Å². The van der Waals surface area contributed by atoms with Gasteiger partial charge in [0, 0.05) is 29.7 Å². The first kappa shape index (κ1) is 22.5. The largest absolute Gasteiger partial charge is 0.353 e. The molecule has 0 bridgehead atoms. The molecule has 156 valence electrons. The highest BCUT2D eigenvalue weighted by Gasteiger charge is 2.30. The third kappa shape index (κ3) is 6.37. The van der Waals surface area contributed by atoms with Crippen LogP contribution in [0.15, 0.2) is 24.3 Å². The number of carbonyl (C=O) groups excluding carboxylic acids is 1. The lowest BCUT2D eigenvalue weighted by Crippen LogP contribution is -2.48. The standard InChI is InChI=1S/C18H27N3O5S2/c1-14(18(22)19-11-12-27-17-9-4-3-5-10-17)20(28(2,25)26)15-7-6-8-16(13-15)21(23)24/h6-8,13-14,17H,3-5,9-12H2,1-2H3,(H,19,22)/t14-/m1/s1. The second kappa shape index (κ2) is 10.1. The van der Waals surface area contributed by atoms with E-state index in [1.54, 1.807) is 0 Å². The van der Waals surface area contributed by atoms with Crippen LogP contribution in [0.3, 0.4) is 0 Å². The Morgan fingerprint density at radius 1 is 1.36 bits per heavy atom. The van der Waals surface area contributed by atoms with E-state index >= 15 is 0 Å². The lowest BCUT2D eigenvalue weighted by atomic mass is 10.0. The van der Waals surface area contributed by atoms with Gasteiger partial charge in [0.1, 0.15) is 6.04 Å². The normalized spacial score (nSPS) is 16.4. The summed E-state index contributed by atoms with van der Waals surface area (Å²) in [5.41, 5.74) is -0.140. The summed E-state index contributed by atoms with van der Waals surface area (Å²) in [7, 11) is -3.81. The number of anilines is 1. The second-order valence-corrected chi connectivity index (χ2v) is 10.2. The fraction of sp³-hybridized carbons (Fsp3) is 0.611. The van der Waals surface area contributed by atoms with Crippen LogP contribution in [0.5, 0.6) is 0 Å². The van der Waals surface area contributed by atoms with Crippen LogP contribution in [0.1, 0.15) is 39.0 Å². The number of nitro groups is 1. The highest BCUT2D eigenvalue weighted by Crippen LogP contribution is 2.28. The van der Waals surface area contributed by atoms with Crippen LogP contribution < -0.4 is 9.62 Å². The van der Waals surface area contributed by atoms with Gasteiger partial charge in [0.15, 0.2) is 0 Å². The Morgan fingerprint density at radius 2 is 2.04 bits per heavy atom. The molecule has 1 aliphatic rings. The molecule has 8 nitrogen and oxygen atoms in total. The molecule has 10 heteroatoms. The first-order valence-electron chi connectivity index (χ1n) is 9.33. The van der Waals surface area contributed by atoms with Crippen LogP contribution in [0.4, 0.5) is 11.4 Å². The smallest absolute Gasteiger partial charge is 0.271 e. The summed E-state index contributed by atoms with van der Waals surface area (Å²) in [6.07, 6.45) is 7.22. The Bertz CT molecular complexity index is 794. The second-order valence-electron chi connectivity index (χ2n) is 6.93. The van der Waals surface area contributed by atoms with E-state index in [0.717, 1.165) is 22.4 Å². The number of benzene rings is 1. The molecular weight excluding hydrogens is 402 g/mol. The molecule has 1 saturated carbocycles. The number of carbonyl (C=O) groups is 1. The average Bonchev–Trinajstić information content (AvgIpc) is 2.65. The molecule has 1 fully saturated rings. The van der Waals surface area contributed by atoms with Crippen molar-refractivity contribution in [3.63, 3.8) is 0 Å². The van der Waals surface area contributed by atoms with Crippen molar-refractivity contribution in [3.8, 4) is 0 Å². The van der Waals surface area contributed by atoms with E-state index in [1.807, 2.05) is 11.8 Å². The van der Waals surface area contributed by atoms with Crippen molar-refractivity contribution in [2.45, 2.75) is 50.3 Å². The molecule has 1 aromatic rings. The zero-order valence-electron chi connectivity index (χ0n) is 16.2. The molecule has 2 rings (SSSR count). The van der Waals surface area contributed by atoms with Crippen molar-refractivity contribution in [1.82, 2.24) is 5.32 Å². The van der Waals surface area contributed by atoms with Gasteiger partial charge < -0.3 is 5.32 Å². The van der Waals surface area contributed by atoms with Crippen molar-refractivity contribution in [2.75, 3.05) is 22.9 Å². The fourth-order valence-corrected chi connectivity index (χ4v) is 5.72. The number of non-ortho nitro benzene ring substituents is 1. The summed E-state index contributed by atoms with van der Waals surface area (Å²) in [4.78, 5) is 22.9. The van der Waals surface area contributed by atoms with Gasteiger partial charge in [0.25, 0.3) is 5.69 Å². The van der Waals surface area contributed by atoms with E-state index in [2.05, 4.69) is 5.32 Å². The molecule has 1 aliphatic carbocycles. The lowest BCUT2D eigenvalue weighted by Gasteiger charge is -2.28. The molecular formula is C18H27N3O5S2. The molecule has 0 radical (unpaired) electrons. The van der Waals surface area contributed by atoms with Gasteiger partial charge in [0.2, 0.25) is 15.9 Å². The quantitative estimate of drug-likeness (QED) is 0.367. The molecule has 0 spiro atoms. The minimum atomic E-state index is -3.81. The van der Waals surface area contributed by atoms with Crippen molar-refractivity contribution in [3.05, 3.63) is 34.4 Å². The van der Waals surface area contributed by atoms with E-state index in [9.17, 15) is 23.3 Å². The molecule has 0 unspecified atom stereocenters. The van der Waals surface area contributed by atoms with Crippen molar-refractivity contribution < 1.29 is 18.1 Å². The van der Waals surface area contributed by atoms with Gasteiger partial charge in [-0.2, -0.15) is 11.8 Å². The average molecular weight is 430 g/mol. The predicted molar refractivity (Wildman–Crippen MR) is 112 cm³/mol. The van der Waals surface area contributed by atoms with Gasteiger partial charge in [-0.15, -0.1) is 0 Å². The molecule has 0 saturated heterocycles.